The molecule has 0 aliphatic carbocycles. The van der Waals surface area contributed by atoms with Gasteiger partial charge in [0.25, 0.3) is 0 Å². The minimum atomic E-state index is -0.758. The largest absolute Gasteiger partial charge is 0.489 e. The minimum absolute atomic E-state index is 0.00797. The van der Waals surface area contributed by atoms with Crippen molar-refractivity contribution in [2.24, 2.45) is 4.99 Å². The summed E-state index contributed by atoms with van der Waals surface area (Å²) in [6, 6.07) is 3.12. The first-order chi connectivity index (χ1) is 11.8. The van der Waals surface area contributed by atoms with E-state index in [9.17, 15) is 13.6 Å². The molecule has 2 N–H and O–H groups in total. The topological polar surface area (TPSA) is 66.0 Å². The first kappa shape index (κ1) is 20.4. The number of ether oxygens (including phenoxy) is 1. The third-order valence-corrected chi connectivity index (χ3v) is 2.97. The van der Waals surface area contributed by atoms with Crippen molar-refractivity contribution in [1.29, 1.82) is 0 Å². The first-order valence-electron chi connectivity index (χ1n) is 7.74. The average molecular weight is 354 g/mol. The van der Waals surface area contributed by atoms with Crippen LogP contribution in [0.1, 0.15) is 6.92 Å². The molecule has 6 nitrogen and oxygen atoms in total. The summed E-state index contributed by atoms with van der Waals surface area (Å²) in [7, 11) is 3.30. The molecule has 8 heteroatoms. The van der Waals surface area contributed by atoms with E-state index in [1.54, 1.807) is 14.1 Å². The van der Waals surface area contributed by atoms with Crippen molar-refractivity contribution in [3.63, 3.8) is 0 Å². The van der Waals surface area contributed by atoms with E-state index in [-0.39, 0.29) is 24.8 Å². The number of nitrogens with zero attached hydrogens (tertiary/aromatic N) is 2. The molecule has 0 saturated carbocycles. The van der Waals surface area contributed by atoms with Crippen molar-refractivity contribution < 1.29 is 18.3 Å². The maximum absolute atomic E-state index is 13.5. The van der Waals surface area contributed by atoms with Crippen LogP contribution in [0.15, 0.2) is 35.3 Å². The number of guanidine groups is 1. The van der Waals surface area contributed by atoms with Crippen molar-refractivity contribution >= 4 is 11.9 Å². The molecule has 0 aliphatic rings. The number of hydrogen-bond donors (Lipinski definition) is 2. The van der Waals surface area contributed by atoms with Gasteiger partial charge in [-0.1, -0.05) is 12.2 Å². The van der Waals surface area contributed by atoms with Gasteiger partial charge in [0, 0.05) is 26.7 Å². The van der Waals surface area contributed by atoms with Crippen LogP contribution >= 0.6 is 0 Å². The van der Waals surface area contributed by atoms with Crippen molar-refractivity contribution in [1.82, 2.24) is 15.5 Å². The molecule has 0 saturated heterocycles. The number of nitrogens with one attached hydrogen (secondary N) is 2. The van der Waals surface area contributed by atoms with Crippen LogP contribution in [0.25, 0.3) is 0 Å². The smallest absolute Gasteiger partial charge is 0.243 e. The number of amides is 1. The quantitative estimate of drug-likeness (QED) is 0.322. The lowest BCUT2D eigenvalue weighted by Gasteiger charge is -2.14. The van der Waals surface area contributed by atoms with Gasteiger partial charge in [-0.05, 0) is 19.1 Å². The van der Waals surface area contributed by atoms with E-state index >= 15 is 0 Å². The van der Waals surface area contributed by atoms with Crippen LogP contribution in [0.2, 0.25) is 0 Å². The Hall–Kier alpha value is -2.64. The SMILES string of the molecule is C=C(C)CNC(=NCC(=O)N(C)C)NCCOc1ccc(F)cc1F. The van der Waals surface area contributed by atoms with Gasteiger partial charge in [-0.2, -0.15) is 0 Å². The Morgan fingerprint density at radius 1 is 1.32 bits per heavy atom. The zero-order valence-corrected chi connectivity index (χ0v) is 14.7. The highest BCUT2D eigenvalue weighted by Gasteiger charge is 2.06. The molecule has 0 atom stereocenters. The summed E-state index contributed by atoms with van der Waals surface area (Å²) in [6.07, 6.45) is 0. The summed E-state index contributed by atoms with van der Waals surface area (Å²) in [5.41, 5.74) is 0.901. The van der Waals surface area contributed by atoms with Gasteiger partial charge in [-0.15, -0.1) is 0 Å². The average Bonchev–Trinajstić information content (AvgIpc) is 2.54. The molecular formula is C17H24F2N4O2. The predicted octanol–water partition coefficient (Wildman–Crippen LogP) is 1.54. The highest BCUT2D eigenvalue weighted by molar-refractivity contribution is 5.84. The van der Waals surface area contributed by atoms with Crippen LogP contribution in [0.4, 0.5) is 8.78 Å². The van der Waals surface area contributed by atoms with Gasteiger partial charge in [0.2, 0.25) is 5.91 Å². The second kappa shape index (κ2) is 10.3. The standard InChI is InChI=1S/C17H24F2N4O2/c1-12(2)10-21-17(22-11-16(24)23(3)4)20-7-8-25-15-6-5-13(18)9-14(15)19/h5-6,9H,1,7-8,10-11H2,2-4H3,(H2,20,21,22). The third kappa shape index (κ3) is 8.14. The normalized spacial score (nSPS) is 11.0. The van der Waals surface area contributed by atoms with Crippen molar-refractivity contribution in [3.8, 4) is 5.75 Å². The summed E-state index contributed by atoms with van der Waals surface area (Å²) in [5.74, 6) is -1.17. The zero-order chi connectivity index (χ0) is 18.8. The molecule has 1 rings (SSSR count). The molecule has 0 fully saturated rings. The Bertz CT molecular complexity index is 633. The van der Waals surface area contributed by atoms with Crippen molar-refractivity contribution in [3.05, 3.63) is 42.0 Å². The van der Waals surface area contributed by atoms with Crippen LogP contribution in [-0.4, -0.2) is 57.1 Å². The lowest BCUT2D eigenvalue weighted by Crippen LogP contribution is -2.41. The van der Waals surface area contributed by atoms with Crippen LogP contribution in [0, 0.1) is 11.6 Å². The fourth-order valence-corrected chi connectivity index (χ4v) is 1.62. The number of rotatable bonds is 8. The fraction of sp³-hybridized carbons (Fsp3) is 0.412. The highest BCUT2D eigenvalue weighted by Crippen LogP contribution is 2.17. The predicted molar refractivity (Wildman–Crippen MR) is 93.7 cm³/mol. The second-order valence-corrected chi connectivity index (χ2v) is 5.61. The monoisotopic (exact) mass is 354 g/mol. The van der Waals surface area contributed by atoms with Gasteiger partial charge >= 0.3 is 0 Å². The Kier molecular flexibility index (Phi) is 8.38. The van der Waals surface area contributed by atoms with Gasteiger partial charge in [0.1, 0.15) is 19.0 Å². The van der Waals surface area contributed by atoms with Crippen LogP contribution in [0.3, 0.4) is 0 Å². The summed E-state index contributed by atoms with van der Waals surface area (Å²) >= 11 is 0. The number of hydrogen-bond acceptors (Lipinski definition) is 3. The van der Waals surface area contributed by atoms with Gasteiger partial charge in [-0.25, -0.2) is 13.8 Å². The molecule has 1 aromatic rings. The number of carbonyl (C=O) groups excluding carboxylic acids is 1. The van der Waals surface area contributed by atoms with Crippen LogP contribution in [-0.2, 0) is 4.79 Å². The molecule has 1 amide bonds. The van der Waals surface area contributed by atoms with Gasteiger partial charge in [0.15, 0.2) is 17.5 Å². The molecule has 138 valence electrons. The Labute approximate surface area is 146 Å². The second-order valence-electron chi connectivity index (χ2n) is 5.61. The van der Waals surface area contributed by atoms with Crippen molar-refractivity contribution in [2.75, 3.05) is 40.3 Å². The summed E-state index contributed by atoms with van der Waals surface area (Å²) < 4.78 is 31.5. The van der Waals surface area contributed by atoms with Crippen LogP contribution < -0.4 is 15.4 Å². The zero-order valence-electron chi connectivity index (χ0n) is 14.7. The molecule has 0 heterocycles. The fourth-order valence-electron chi connectivity index (χ4n) is 1.62. The third-order valence-electron chi connectivity index (χ3n) is 2.97. The summed E-state index contributed by atoms with van der Waals surface area (Å²) in [4.78, 5) is 17.2. The number of aliphatic imine (C=N–C) groups is 1. The Morgan fingerprint density at radius 3 is 2.64 bits per heavy atom. The molecule has 0 aliphatic heterocycles. The Morgan fingerprint density at radius 2 is 2.04 bits per heavy atom. The molecule has 0 aromatic heterocycles. The molecule has 1 aromatic carbocycles. The maximum atomic E-state index is 13.5. The lowest BCUT2D eigenvalue weighted by molar-refractivity contribution is -0.127. The molecule has 0 unspecified atom stereocenters. The summed E-state index contributed by atoms with van der Waals surface area (Å²) in [5, 5.41) is 6.00. The maximum Gasteiger partial charge on any atom is 0.243 e. The molecule has 0 radical (unpaired) electrons. The molecule has 0 spiro atoms. The number of likely N-dealkylation sites (N-methyl/N-ethyl adjacent to an activating group) is 1. The van der Waals surface area contributed by atoms with Gasteiger partial charge in [-0.3, -0.25) is 4.79 Å². The van der Waals surface area contributed by atoms with E-state index in [1.807, 2.05) is 6.92 Å². The van der Waals surface area contributed by atoms with E-state index in [0.717, 1.165) is 17.7 Å². The lowest BCUT2D eigenvalue weighted by atomic mass is 10.3. The minimum Gasteiger partial charge on any atom is -0.489 e. The molecule has 0 bridgehead atoms. The molecule has 25 heavy (non-hydrogen) atoms. The van der Waals surface area contributed by atoms with E-state index in [2.05, 4.69) is 22.2 Å². The first-order valence-corrected chi connectivity index (χ1v) is 7.74. The number of carbonyl (C=O) groups is 1. The summed E-state index contributed by atoms with van der Waals surface area (Å²) in [6.45, 7) is 6.58. The number of benzene rings is 1. The van der Waals surface area contributed by atoms with E-state index in [0.29, 0.717) is 19.0 Å². The highest BCUT2D eigenvalue weighted by atomic mass is 19.1. The van der Waals surface area contributed by atoms with Gasteiger partial charge < -0.3 is 20.3 Å². The molecular weight excluding hydrogens is 330 g/mol. The number of halogens is 2. The van der Waals surface area contributed by atoms with E-state index in [4.69, 9.17) is 4.74 Å². The Balaban J connectivity index is 2.51. The van der Waals surface area contributed by atoms with E-state index in [1.165, 1.54) is 11.0 Å². The van der Waals surface area contributed by atoms with Crippen LogP contribution in [0.5, 0.6) is 5.75 Å². The van der Waals surface area contributed by atoms with Crippen molar-refractivity contribution in [2.45, 2.75) is 6.92 Å². The van der Waals surface area contributed by atoms with E-state index < -0.39 is 11.6 Å². The van der Waals surface area contributed by atoms with Gasteiger partial charge in [0.05, 0.1) is 6.54 Å².